The lowest BCUT2D eigenvalue weighted by molar-refractivity contribution is -0.116. The van der Waals surface area contributed by atoms with Crippen LogP contribution in [0.5, 0.6) is 57.5 Å². The van der Waals surface area contributed by atoms with Crippen molar-refractivity contribution >= 4 is 5.78 Å². The third-order valence-corrected chi connectivity index (χ3v) is 8.24. The van der Waals surface area contributed by atoms with Crippen LogP contribution in [0.15, 0.2) is 297 Å². The number of benzene rings is 10. The van der Waals surface area contributed by atoms with Crippen LogP contribution in [0.4, 0.5) is 0 Å². The van der Waals surface area contributed by atoms with E-state index in [1.165, 1.54) is 6.92 Å². The zero-order chi connectivity index (χ0) is 54.3. The van der Waals surface area contributed by atoms with E-state index < -0.39 is 0 Å². The van der Waals surface area contributed by atoms with Gasteiger partial charge in [0.05, 0.1) is 0 Å². The number of carbonyl (C=O) groups is 1. The van der Waals surface area contributed by atoms with Gasteiger partial charge in [0.15, 0.2) is 0 Å². The Labute approximate surface area is 433 Å². The second-order valence-corrected chi connectivity index (χ2v) is 14.5. The Morgan fingerprint density at radius 1 is 0.230 bits per heavy atom. The molecule has 10 N–H and O–H groups in total. The number of ketones is 1. The van der Waals surface area contributed by atoms with Gasteiger partial charge in [-0.2, -0.15) is 0 Å². The van der Waals surface area contributed by atoms with Gasteiger partial charge in [-0.1, -0.05) is 182 Å². The molecule has 10 aromatic carbocycles. The molecule has 0 aliphatic rings. The minimum atomic E-state index is 0.0616. The number of para-hydroxylation sites is 10. The van der Waals surface area contributed by atoms with Crippen LogP contribution in [0.1, 0.15) is 12.5 Å². The lowest BCUT2D eigenvalue weighted by Crippen LogP contribution is -1.95. The molecule has 11 heteroatoms. The number of phenols is 10. The Kier molecular flexibility index (Phi) is 35.0. The van der Waals surface area contributed by atoms with E-state index in [0.717, 1.165) is 0 Å². The molecule has 0 saturated carbocycles. The summed E-state index contributed by atoms with van der Waals surface area (Å²) < 4.78 is 0. The highest BCUT2D eigenvalue weighted by Gasteiger charge is 2.01. The lowest BCUT2D eigenvalue weighted by Gasteiger charge is -1.99. The zero-order valence-corrected chi connectivity index (χ0v) is 40.9. The first-order valence-corrected chi connectivity index (χ1v) is 22.7. The van der Waals surface area contributed by atoms with Gasteiger partial charge in [-0.15, -0.1) is 0 Å². The molecule has 0 saturated heterocycles. The molecule has 0 radical (unpaired) electrons. The highest BCUT2D eigenvalue weighted by molar-refractivity contribution is 5.78. The Morgan fingerprint density at radius 2 is 0.365 bits per heavy atom. The average Bonchev–Trinajstić information content (AvgIpc) is 3.41. The molecule has 382 valence electrons. The highest BCUT2D eigenvalue weighted by atomic mass is 16.3. The van der Waals surface area contributed by atoms with Crippen LogP contribution in [0, 0.1) is 0 Å². The van der Waals surface area contributed by atoms with Gasteiger partial charge in [-0.05, 0) is 122 Å². The van der Waals surface area contributed by atoms with E-state index in [9.17, 15) is 9.90 Å². The molecular formula is C63H64O11. The van der Waals surface area contributed by atoms with E-state index >= 15 is 0 Å². The van der Waals surface area contributed by atoms with Gasteiger partial charge < -0.3 is 51.1 Å². The van der Waals surface area contributed by atoms with Crippen molar-refractivity contribution < 1.29 is 55.9 Å². The Morgan fingerprint density at radius 3 is 0.473 bits per heavy atom. The minimum Gasteiger partial charge on any atom is -0.508 e. The Balaban J connectivity index is 0.000000413. The molecular weight excluding hydrogens is 933 g/mol. The van der Waals surface area contributed by atoms with E-state index in [4.69, 9.17) is 46.0 Å². The smallest absolute Gasteiger partial charge is 0.134 e. The number of carbonyl (C=O) groups excluding carboxylic acids is 1. The normalized spacial score (nSPS) is 8.72. The summed E-state index contributed by atoms with van der Waals surface area (Å²) in [6, 6.07) is 85.3. The molecule has 0 aromatic heterocycles. The first-order chi connectivity index (χ1) is 35.7. The number of rotatable bonds is 2. The lowest BCUT2D eigenvalue weighted by atomic mass is 10.1. The fourth-order valence-electron chi connectivity index (χ4n) is 4.78. The Bertz CT molecular complexity index is 2240. The second-order valence-electron chi connectivity index (χ2n) is 14.5. The van der Waals surface area contributed by atoms with Crippen molar-refractivity contribution in [2.75, 3.05) is 0 Å². The van der Waals surface area contributed by atoms with Gasteiger partial charge >= 0.3 is 0 Å². The molecule has 0 bridgehead atoms. The number of hydrogen-bond acceptors (Lipinski definition) is 11. The van der Waals surface area contributed by atoms with Gasteiger partial charge in [-0.25, -0.2) is 0 Å². The van der Waals surface area contributed by atoms with Gasteiger partial charge in [0, 0.05) is 12.0 Å². The fraction of sp³-hybridized carbons (Fsp3) is 0.0317. The van der Waals surface area contributed by atoms with Crippen LogP contribution in [0.3, 0.4) is 0 Å². The first-order valence-electron chi connectivity index (χ1n) is 22.7. The zero-order valence-electron chi connectivity index (χ0n) is 40.9. The first kappa shape index (κ1) is 61.9. The summed E-state index contributed by atoms with van der Waals surface area (Å²) in [7, 11) is 0. The second kappa shape index (κ2) is 41.8. The maximum atomic E-state index is 10.7. The maximum absolute atomic E-state index is 10.7. The van der Waals surface area contributed by atoms with Gasteiger partial charge in [0.1, 0.15) is 63.3 Å². The van der Waals surface area contributed by atoms with Crippen molar-refractivity contribution in [3.63, 3.8) is 0 Å². The fourth-order valence-corrected chi connectivity index (χ4v) is 4.78. The molecule has 0 aliphatic heterocycles. The maximum Gasteiger partial charge on any atom is 0.134 e. The van der Waals surface area contributed by atoms with Gasteiger partial charge in [0.25, 0.3) is 0 Å². The van der Waals surface area contributed by atoms with Crippen LogP contribution in [-0.4, -0.2) is 56.8 Å². The summed E-state index contributed by atoms with van der Waals surface area (Å²) in [5.74, 6) is 3.15. The predicted octanol–water partition coefficient (Wildman–Crippen LogP) is 14.1. The number of hydrogen-bond donors (Lipinski definition) is 10. The standard InChI is InChI=1S/C9H10O2.9C6H6O/c1-7(10)6-8-4-2-3-5-9(8)11;9*7-6-4-2-1-3-5-6/h2-5,11H,6H2,1H3;9*1-5,7H. The summed E-state index contributed by atoms with van der Waals surface area (Å²) in [6.45, 7) is 1.51. The molecule has 11 nitrogen and oxygen atoms in total. The van der Waals surface area contributed by atoms with Crippen LogP contribution in [-0.2, 0) is 11.2 Å². The summed E-state index contributed by atoms with van der Waals surface area (Å²) in [5, 5.41) is 86.9. The molecule has 0 heterocycles. The van der Waals surface area contributed by atoms with E-state index in [1.807, 2.05) is 54.6 Å². The van der Waals surface area contributed by atoms with E-state index in [0.29, 0.717) is 63.7 Å². The van der Waals surface area contributed by atoms with Crippen molar-refractivity contribution in [1.29, 1.82) is 0 Å². The van der Waals surface area contributed by atoms with Crippen LogP contribution >= 0.6 is 0 Å². The molecule has 10 rings (SSSR count). The van der Waals surface area contributed by atoms with E-state index in [-0.39, 0.29) is 11.5 Å². The summed E-state index contributed by atoms with van der Waals surface area (Å²) >= 11 is 0. The molecule has 0 aliphatic carbocycles. The summed E-state index contributed by atoms with van der Waals surface area (Å²) in [6.07, 6.45) is 0.312. The van der Waals surface area contributed by atoms with Gasteiger partial charge in [-0.3, -0.25) is 4.79 Å². The molecule has 0 atom stereocenters. The highest BCUT2D eigenvalue weighted by Crippen LogP contribution is 2.16. The van der Waals surface area contributed by atoms with Crippen LogP contribution < -0.4 is 0 Å². The van der Waals surface area contributed by atoms with Crippen molar-refractivity contribution in [3.05, 3.63) is 303 Å². The predicted molar refractivity (Wildman–Crippen MR) is 295 cm³/mol. The van der Waals surface area contributed by atoms with Crippen LogP contribution in [0.2, 0.25) is 0 Å². The number of phenolic OH excluding ortho intramolecular Hbond substituents is 10. The quantitative estimate of drug-likeness (QED) is 0.0785. The Hall–Kier alpha value is -10.1. The molecule has 10 aromatic rings. The van der Waals surface area contributed by atoms with Crippen molar-refractivity contribution in [3.8, 4) is 57.5 Å². The minimum absolute atomic E-state index is 0.0616. The molecule has 0 unspecified atom stereocenters. The molecule has 0 amide bonds. The van der Waals surface area contributed by atoms with Gasteiger partial charge in [0.2, 0.25) is 0 Å². The third kappa shape index (κ3) is 38.8. The monoisotopic (exact) mass is 996 g/mol. The topological polar surface area (TPSA) is 219 Å². The summed E-state index contributed by atoms with van der Waals surface area (Å²) in [4.78, 5) is 10.7. The SMILES string of the molecule is CC(=O)Cc1ccccc1O.Oc1ccccc1.Oc1ccccc1.Oc1ccccc1.Oc1ccccc1.Oc1ccccc1.Oc1ccccc1.Oc1ccccc1.Oc1ccccc1.Oc1ccccc1. The van der Waals surface area contributed by atoms with Crippen molar-refractivity contribution in [2.24, 2.45) is 0 Å². The third-order valence-electron chi connectivity index (χ3n) is 8.24. The molecule has 0 fully saturated rings. The van der Waals surface area contributed by atoms with E-state index in [1.54, 1.807) is 243 Å². The van der Waals surface area contributed by atoms with Crippen molar-refractivity contribution in [1.82, 2.24) is 0 Å². The largest absolute Gasteiger partial charge is 0.508 e. The van der Waals surface area contributed by atoms with E-state index in [2.05, 4.69) is 0 Å². The molecule has 0 spiro atoms. The molecule has 74 heavy (non-hydrogen) atoms. The van der Waals surface area contributed by atoms with Crippen molar-refractivity contribution in [2.45, 2.75) is 13.3 Å². The number of aromatic hydroxyl groups is 10. The number of Topliss-reactive ketones (excluding diaryl/α,β-unsaturated/α-hetero) is 1. The summed E-state index contributed by atoms with van der Waals surface area (Å²) in [5.41, 5.74) is 0.694. The average molecular weight is 997 g/mol. The van der Waals surface area contributed by atoms with Crippen LogP contribution in [0.25, 0.3) is 0 Å².